The van der Waals surface area contributed by atoms with Crippen LogP contribution in [0.1, 0.15) is 37.7 Å². The SMILES string of the molecule is CNCc1cccc(OCC(=O)N(C)C2CCCCC2)c1. The average Bonchev–Trinajstić information content (AvgIpc) is 2.53. The first-order valence-electron chi connectivity index (χ1n) is 7.82. The van der Waals surface area contributed by atoms with E-state index in [1.165, 1.54) is 19.3 Å². The highest BCUT2D eigenvalue weighted by molar-refractivity contribution is 5.77. The molecule has 0 spiro atoms. The summed E-state index contributed by atoms with van der Waals surface area (Å²) in [5.74, 6) is 0.828. The molecular weight excluding hydrogens is 264 g/mol. The Labute approximate surface area is 127 Å². The van der Waals surface area contributed by atoms with Crippen LogP contribution >= 0.6 is 0 Å². The van der Waals surface area contributed by atoms with Gasteiger partial charge in [0, 0.05) is 19.6 Å². The Hall–Kier alpha value is -1.55. The summed E-state index contributed by atoms with van der Waals surface area (Å²) < 4.78 is 5.65. The summed E-state index contributed by atoms with van der Waals surface area (Å²) in [5.41, 5.74) is 1.16. The summed E-state index contributed by atoms with van der Waals surface area (Å²) in [5, 5.41) is 3.11. The molecule has 0 bridgehead atoms. The van der Waals surface area contributed by atoms with Crippen molar-refractivity contribution < 1.29 is 9.53 Å². The molecule has 116 valence electrons. The zero-order valence-corrected chi connectivity index (χ0v) is 13.1. The number of rotatable bonds is 6. The normalized spacial score (nSPS) is 15.7. The highest BCUT2D eigenvalue weighted by Crippen LogP contribution is 2.22. The van der Waals surface area contributed by atoms with Crippen LogP contribution in [0.4, 0.5) is 0 Å². The minimum Gasteiger partial charge on any atom is -0.484 e. The summed E-state index contributed by atoms with van der Waals surface area (Å²) in [6.07, 6.45) is 6.01. The van der Waals surface area contributed by atoms with E-state index in [0.717, 1.165) is 30.7 Å². The lowest BCUT2D eigenvalue weighted by atomic mass is 9.94. The quantitative estimate of drug-likeness (QED) is 0.875. The van der Waals surface area contributed by atoms with Crippen molar-refractivity contribution in [3.63, 3.8) is 0 Å². The number of ether oxygens (including phenoxy) is 1. The van der Waals surface area contributed by atoms with E-state index in [1.54, 1.807) is 0 Å². The Morgan fingerprint density at radius 3 is 2.81 bits per heavy atom. The van der Waals surface area contributed by atoms with Gasteiger partial charge in [-0.3, -0.25) is 4.79 Å². The van der Waals surface area contributed by atoms with Gasteiger partial charge < -0.3 is 15.0 Å². The first-order valence-corrected chi connectivity index (χ1v) is 7.82. The third-order valence-corrected chi connectivity index (χ3v) is 4.16. The average molecular weight is 290 g/mol. The van der Waals surface area contributed by atoms with Gasteiger partial charge in [0.15, 0.2) is 6.61 Å². The van der Waals surface area contributed by atoms with Crippen molar-refractivity contribution >= 4 is 5.91 Å². The van der Waals surface area contributed by atoms with Crippen molar-refractivity contribution in [2.45, 2.75) is 44.7 Å². The summed E-state index contributed by atoms with van der Waals surface area (Å²) in [7, 11) is 3.81. The molecule has 4 nitrogen and oxygen atoms in total. The molecule has 0 aromatic heterocycles. The Morgan fingerprint density at radius 2 is 2.10 bits per heavy atom. The predicted molar refractivity (Wildman–Crippen MR) is 84.3 cm³/mol. The van der Waals surface area contributed by atoms with Gasteiger partial charge in [-0.25, -0.2) is 0 Å². The Morgan fingerprint density at radius 1 is 1.33 bits per heavy atom. The van der Waals surface area contributed by atoms with Gasteiger partial charge in [0.05, 0.1) is 0 Å². The van der Waals surface area contributed by atoms with Crippen LogP contribution in [-0.2, 0) is 11.3 Å². The largest absolute Gasteiger partial charge is 0.484 e. The number of carbonyl (C=O) groups is 1. The van der Waals surface area contributed by atoms with Crippen molar-refractivity contribution in [3.8, 4) is 5.75 Å². The number of hydrogen-bond acceptors (Lipinski definition) is 3. The Kier molecular flexibility index (Phi) is 6.05. The van der Waals surface area contributed by atoms with Gasteiger partial charge in [0.25, 0.3) is 5.91 Å². The molecule has 1 saturated carbocycles. The number of nitrogens with zero attached hydrogens (tertiary/aromatic N) is 1. The molecule has 0 radical (unpaired) electrons. The fourth-order valence-electron chi connectivity index (χ4n) is 2.87. The van der Waals surface area contributed by atoms with Crippen LogP contribution in [0.15, 0.2) is 24.3 Å². The molecule has 0 saturated heterocycles. The number of amides is 1. The molecule has 0 heterocycles. The lowest BCUT2D eigenvalue weighted by Crippen LogP contribution is -2.40. The zero-order valence-electron chi connectivity index (χ0n) is 13.1. The van der Waals surface area contributed by atoms with Gasteiger partial charge in [-0.05, 0) is 37.6 Å². The van der Waals surface area contributed by atoms with E-state index >= 15 is 0 Å². The molecule has 1 amide bonds. The van der Waals surface area contributed by atoms with Gasteiger partial charge in [-0.15, -0.1) is 0 Å². The van der Waals surface area contributed by atoms with Crippen LogP contribution < -0.4 is 10.1 Å². The standard InChI is InChI=1S/C17H26N2O2/c1-18-12-14-7-6-10-16(11-14)21-13-17(20)19(2)15-8-4-3-5-9-15/h6-7,10-11,15,18H,3-5,8-9,12-13H2,1-2H3. The van der Waals surface area contributed by atoms with Crippen molar-refractivity contribution in [1.82, 2.24) is 10.2 Å². The first kappa shape index (κ1) is 15.8. The molecule has 1 aromatic carbocycles. The fraction of sp³-hybridized carbons (Fsp3) is 0.588. The fourth-order valence-corrected chi connectivity index (χ4v) is 2.87. The third kappa shape index (κ3) is 4.74. The molecule has 0 unspecified atom stereocenters. The van der Waals surface area contributed by atoms with E-state index in [-0.39, 0.29) is 12.5 Å². The van der Waals surface area contributed by atoms with Gasteiger partial charge >= 0.3 is 0 Å². The second-order valence-corrected chi connectivity index (χ2v) is 5.76. The maximum absolute atomic E-state index is 12.2. The molecule has 1 fully saturated rings. The second kappa shape index (κ2) is 8.03. The van der Waals surface area contributed by atoms with Crippen molar-refractivity contribution in [2.75, 3.05) is 20.7 Å². The first-order chi connectivity index (χ1) is 10.2. The second-order valence-electron chi connectivity index (χ2n) is 5.76. The summed E-state index contributed by atoms with van der Waals surface area (Å²) in [6.45, 7) is 0.920. The summed E-state index contributed by atoms with van der Waals surface area (Å²) in [6, 6.07) is 8.26. The molecule has 2 rings (SSSR count). The number of hydrogen-bond donors (Lipinski definition) is 1. The number of benzene rings is 1. The molecule has 0 atom stereocenters. The van der Waals surface area contributed by atoms with Crippen molar-refractivity contribution in [3.05, 3.63) is 29.8 Å². The number of likely N-dealkylation sites (N-methyl/N-ethyl adjacent to an activating group) is 1. The van der Waals surface area contributed by atoms with Crippen LogP contribution in [-0.4, -0.2) is 37.6 Å². The maximum atomic E-state index is 12.2. The summed E-state index contributed by atoms with van der Waals surface area (Å²) >= 11 is 0. The molecule has 21 heavy (non-hydrogen) atoms. The zero-order chi connectivity index (χ0) is 15.1. The van der Waals surface area contributed by atoms with E-state index < -0.39 is 0 Å². The van der Waals surface area contributed by atoms with E-state index in [9.17, 15) is 4.79 Å². The van der Waals surface area contributed by atoms with Crippen LogP contribution in [0.5, 0.6) is 5.75 Å². The minimum absolute atomic E-state index is 0.0703. The topological polar surface area (TPSA) is 41.6 Å². The number of nitrogens with one attached hydrogen (secondary N) is 1. The monoisotopic (exact) mass is 290 g/mol. The van der Waals surface area contributed by atoms with Gasteiger partial charge in [0.1, 0.15) is 5.75 Å². The van der Waals surface area contributed by atoms with Crippen LogP contribution in [0.25, 0.3) is 0 Å². The van der Waals surface area contributed by atoms with Gasteiger partial charge in [-0.1, -0.05) is 31.4 Å². The van der Waals surface area contributed by atoms with Crippen molar-refractivity contribution in [1.29, 1.82) is 0 Å². The van der Waals surface area contributed by atoms with E-state index in [1.807, 2.05) is 43.3 Å². The Balaban J connectivity index is 1.83. The number of carbonyl (C=O) groups excluding carboxylic acids is 1. The van der Waals surface area contributed by atoms with Gasteiger partial charge in [-0.2, -0.15) is 0 Å². The Bertz CT molecular complexity index is 456. The smallest absolute Gasteiger partial charge is 0.260 e. The third-order valence-electron chi connectivity index (χ3n) is 4.16. The lowest BCUT2D eigenvalue weighted by Gasteiger charge is -2.31. The highest BCUT2D eigenvalue weighted by Gasteiger charge is 2.22. The summed E-state index contributed by atoms with van der Waals surface area (Å²) in [4.78, 5) is 14.1. The predicted octanol–water partition coefficient (Wildman–Crippen LogP) is 2.58. The maximum Gasteiger partial charge on any atom is 0.260 e. The van der Waals surface area contributed by atoms with Crippen LogP contribution in [0, 0.1) is 0 Å². The molecule has 1 aliphatic rings. The van der Waals surface area contributed by atoms with E-state index in [0.29, 0.717) is 6.04 Å². The molecule has 1 N–H and O–H groups in total. The van der Waals surface area contributed by atoms with Gasteiger partial charge in [0.2, 0.25) is 0 Å². The van der Waals surface area contributed by atoms with Crippen LogP contribution in [0.3, 0.4) is 0 Å². The lowest BCUT2D eigenvalue weighted by molar-refractivity contribution is -0.134. The van der Waals surface area contributed by atoms with Crippen molar-refractivity contribution in [2.24, 2.45) is 0 Å². The molecule has 1 aromatic rings. The molecule has 0 aliphatic heterocycles. The van der Waals surface area contributed by atoms with E-state index in [4.69, 9.17) is 4.74 Å². The molecule has 1 aliphatic carbocycles. The minimum atomic E-state index is 0.0703. The molecular formula is C17H26N2O2. The van der Waals surface area contributed by atoms with Crippen LogP contribution in [0.2, 0.25) is 0 Å². The highest BCUT2D eigenvalue weighted by atomic mass is 16.5. The molecule has 4 heteroatoms. The van der Waals surface area contributed by atoms with E-state index in [2.05, 4.69) is 5.32 Å².